The van der Waals surface area contributed by atoms with E-state index in [4.69, 9.17) is 4.74 Å². The van der Waals surface area contributed by atoms with Gasteiger partial charge in [-0.05, 0) is 34.8 Å². The maximum absolute atomic E-state index is 9.23. The molecule has 0 saturated heterocycles. The lowest BCUT2D eigenvalue weighted by Crippen LogP contribution is -2.09. The fourth-order valence-electron chi connectivity index (χ4n) is 1.39. The molecular weight excluding hydrogens is 252 g/mol. The molecule has 1 aliphatic carbocycles. The first-order valence-corrected chi connectivity index (χ1v) is 5.77. The number of aliphatic hydroxyl groups is 1. The third-order valence-corrected chi connectivity index (χ3v) is 4.71. The van der Waals surface area contributed by atoms with Gasteiger partial charge >= 0.3 is 0 Å². The lowest BCUT2D eigenvalue weighted by Gasteiger charge is -2.06. The van der Waals surface area contributed by atoms with Crippen molar-refractivity contribution in [2.24, 2.45) is 0 Å². The highest BCUT2D eigenvalue weighted by atomic mass is 79.9. The predicted octanol–water partition coefficient (Wildman–Crippen LogP) is 2.54. The van der Waals surface area contributed by atoms with E-state index >= 15 is 0 Å². The molecule has 1 N–H and O–H groups in total. The van der Waals surface area contributed by atoms with Crippen molar-refractivity contribution in [2.45, 2.75) is 18.3 Å². The number of aliphatic hydroxyl groups excluding tert-OH is 1. The summed E-state index contributed by atoms with van der Waals surface area (Å²) >= 11 is 5.05. The van der Waals surface area contributed by atoms with Gasteiger partial charge in [0.2, 0.25) is 0 Å². The molecule has 0 aliphatic heterocycles. The molecule has 1 aliphatic rings. The van der Waals surface area contributed by atoms with Crippen molar-refractivity contribution in [3.8, 4) is 5.06 Å². The van der Waals surface area contributed by atoms with Crippen LogP contribution in [0.1, 0.15) is 17.7 Å². The van der Waals surface area contributed by atoms with E-state index in [0.29, 0.717) is 0 Å². The average molecular weight is 263 g/mol. The van der Waals surface area contributed by atoms with Gasteiger partial charge in [0.1, 0.15) is 0 Å². The number of rotatable bonds is 3. The van der Waals surface area contributed by atoms with Crippen molar-refractivity contribution in [3.63, 3.8) is 0 Å². The monoisotopic (exact) mass is 262 g/mol. The van der Waals surface area contributed by atoms with Crippen molar-refractivity contribution in [1.29, 1.82) is 0 Å². The molecule has 0 unspecified atom stereocenters. The Bertz CT molecular complexity index is 317. The number of hydrogen-bond acceptors (Lipinski definition) is 3. The van der Waals surface area contributed by atoms with Crippen LogP contribution in [-0.4, -0.2) is 18.8 Å². The molecule has 0 bridgehead atoms. The van der Waals surface area contributed by atoms with Gasteiger partial charge in [-0.2, -0.15) is 0 Å². The molecule has 1 aromatic heterocycles. The normalized spacial score (nSPS) is 18.7. The van der Waals surface area contributed by atoms with Gasteiger partial charge in [-0.1, -0.05) is 0 Å². The summed E-state index contributed by atoms with van der Waals surface area (Å²) in [5.41, 5.74) is 0.0595. The predicted molar refractivity (Wildman–Crippen MR) is 56.6 cm³/mol. The third-order valence-electron chi connectivity index (χ3n) is 2.52. The molecule has 72 valence electrons. The van der Waals surface area contributed by atoms with Gasteiger partial charge in [0, 0.05) is 10.3 Å². The highest BCUT2D eigenvalue weighted by Gasteiger charge is 2.45. The summed E-state index contributed by atoms with van der Waals surface area (Å²) in [6.45, 7) is 0.253. The Morgan fingerprint density at radius 2 is 2.38 bits per heavy atom. The van der Waals surface area contributed by atoms with E-state index in [9.17, 15) is 5.11 Å². The zero-order chi connectivity index (χ0) is 9.47. The van der Waals surface area contributed by atoms with Crippen molar-refractivity contribution in [2.75, 3.05) is 13.7 Å². The van der Waals surface area contributed by atoms with Crippen molar-refractivity contribution in [1.82, 2.24) is 0 Å². The van der Waals surface area contributed by atoms with E-state index in [1.807, 2.05) is 0 Å². The molecule has 0 aromatic carbocycles. The van der Waals surface area contributed by atoms with Crippen molar-refractivity contribution >= 4 is 27.3 Å². The van der Waals surface area contributed by atoms with Crippen LogP contribution < -0.4 is 4.74 Å². The molecule has 0 amide bonds. The van der Waals surface area contributed by atoms with Gasteiger partial charge in [-0.25, -0.2) is 0 Å². The first-order chi connectivity index (χ1) is 6.22. The second-order valence-corrected chi connectivity index (χ2v) is 5.26. The largest absolute Gasteiger partial charge is 0.486 e. The fraction of sp³-hybridized carbons (Fsp3) is 0.556. The van der Waals surface area contributed by atoms with Crippen LogP contribution in [0.25, 0.3) is 0 Å². The zero-order valence-corrected chi connectivity index (χ0v) is 9.74. The summed E-state index contributed by atoms with van der Waals surface area (Å²) in [6.07, 6.45) is 2.19. The van der Waals surface area contributed by atoms with Gasteiger partial charge in [-0.15, -0.1) is 11.3 Å². The van der Waals surface area contributed by atoms with E-state index in [2.05, 4.69) is 22.0 Å². The quantitative estimate of drug-likeness (QED) is 0.908. The molecule has 2 rings (SSSR count). The summed E-state index contributed by atoms with van der Waals surface area (Å²) in [5.74, 6) is 0. The summed E-state index contributed by atoms with van der Waals surface area (Å²) in [5, 5.41) is 10.1. The summed E-state index contributed by atoms with van der Waals surface area (Å²) in [6, 6.07) is 2.06. The molecule has 13 heavy (non-hydrogen) atoms. The standard InChI is InChI=1S/C9H11BrO2S/c1-12-8-6(10)4-7(13-8)9(5-11)2-3-9/h4,11H,2-3,5H2,1H3. The molecule has 0 atom stereocenters. The van der Waals surface area contributed by atoms with Crippen LogP contribution in [0.4, 0.5) is 0 Å². The van der Waals surface area contributed by atoms with E-state index in [-0.39, 0.29) is 12.0 Å². The minimum absolute atomic E-state index is 0.0595. The minimum atomic E-state index is 0.0595. The molecular formula is C9H11BrO2S. The SMILES string of the molecule is COc1sc(C2(CO)CC2)cc1Br. The molecule has 1 saturated carbocycles. The van der Waals surface area contributed by atoms with Crippen LogP contribution in [0.15, 0.2) is 10.5 Å². The van der Waals surface area contributed by atoms with Crippen LogP contribution in [0, 0.1) is 0 Å². The molecule has 0 radical (unpaired) electrons. The van der Waals surface area contributed by atoms with E-state index < -0.39 is 0 Å². The highest BCUT2D eigenvalue weighted by Crippen LogP contribution is 2.53. The lowest BCUT2D eigenvalue weighted by atomic mass is 10.1. The van der Waals surface area contributed by atoms with Crippen LogP contribution >= 0.6 is 27.3 Å². The van der Waals surface area contributed by atoms with Crippen LogP contribution in [-0.2, 0) is 5.41 Å². The summed E-state index contributed by atoms with van der Waals surface area (Å²) in [7, 11) is 1.67. The first-order valence-electron chi connectivity index (χ1n) is 4.16. The topological polar surface area (TPSA) is 29.5 Å². The number of halogens is 1. The highest BCUT2D eigenvalue weighted by molar-refractivity contribution is 9.10. The van der Waals surface area contributed by atoms with Gasteiger partial charge in [-0.3, -0.25) is 0 Å². The van der Waals surface area contributed by atoms with Gasteiger partial charge in [0.05, 0.1) is 18.2 Å². The molecule has 1 aromatic rings. The Labute approximate surface area is 89.7 Å². The van der Waals surface area contributed by atoms with Crippen molar-refractivity contribution < 1.29 is 9.84 Å². The second kappa shape index (κ2) is 3.26. The third kappa shape index (κ3) is 1.51. The smallest absolute Gasteiger partial charge is 0.188 e. The van der Waals surface area contributed by atoms with Crippen LogP contribution in [0.3, 0.4) is 0 Å². The fourth-order valence-corrected chi connectivity index (χ4v) is 3.27. The number of methoxy groups -OCH3 is 1. The Kier molecular flexibility index (Phi) is 2.38. The number of hydrogen-bond donors (Lipinski definition) is 1. The molecule has 2 nitrogen and oxygen atoms in total. The minimum Gasteiger partial charge on any atom is -0.486 e. The number of thiophene rings is 1. The van der Waals surface area contributed by atoms with Crippen LogP contribution in [0.5, 0.6) is 5.06 Å². The van der Waals surface area contributed by atoms with Gasteiger partial charge in [0.15, 0.2) is 5.06 Å². The maximum Gasteiger partial charge on any atom is 0.188 e. The Morgan fingerprint density at radius 3 is 2.77 bits per heavy atom. The molecule has 1 fully saturated rings. The van der Waals surface area contributed by atoms with E-state index in [0.717, 1.165) is 22.4 Å². The van der Waals surface area contributed by atoms with Crippen LogP contribution in [0.2, 0.25) is 0 Å². The maximum atomic E-state index is 9.23. The number of ether oxygens (including phenoxy) is 1. The average Bonchev–Trinajstić information content (AvgIpc) is 2.85. The van der Waals surface area contributed by atoms with Gasteiger partial charge in [0.25, 0.3) is 0 Å². The molecule has 4 heteroatoms. The first kappa shape index (κ1) is 9.49. The molecule has 0 spiro atoms. The van der Waals surface area contributed by atoms with E-state index in [1.165, 1.54) is 4.88 Å². The zero-order valence-electron chi connectivity index (χ0n) is 7.34. The Morgan fingerprint density at radius 1 is 1.69 bits per heavy atom. The lowest BCUT2D eigenvalue weighted by molar-refractivity contribution is 0.257. The Balaban J connectivity index is 2.31. The Hall–Kier alpha value is -0.0600. The van der Waals surface area contributed by atoms with Crippen molar-refractivity contribution in [3.05, 3.63) is 15.4 Å². The summed E-state index contributed by atoms with van der Waals surface area (Å²) in [4.78, 5) is 1.23. The molecule has 1 heterocycles. The van der Waals surface area contributed by atoms with Gasteiger partial charge < -0.3 is 9.84 Å². The summed E-state index contributed by atoms with van der Waals surface area (Å²) < 4.78 is 6.18. The van der Waals surface area contributed by atoms with E-state index in [1.54, 1.807) is 18.4 Å². The second-order valence-electron chi connectivity index (χ2n) is 3.39.